The van der Waals surface area contributed by atoms with Gasteiger partial charge >= 0.3 is 5.97 Å². The van der Waals surface area contributed by atoms with Crippen LogP contribution in [-0.4, -0.2) is 19.1 Å². The third kappa shape index (κ3) is 3.74. The standard InChI is InChI=1S/C11H16O2Si/c1-14(2,9-11(12)13)8-10-6-4-3-5-7-10/h3-7H,8-9H2,1-2H3,(H,12,13). The van der Waals surface area contributed by atoms with Gasteiger partial charge < -0.3 is 5.11 Å². The molecule has 0 saturated heterocycles. The molecule has 0 heterocycles. The van der Waals surface area contributed by atoms with Crippen LogP contribution in [0.3, 0.4) is 0 Å². The fraction of sp³-hybridized carbons (Fsp3) is 0.364. The monoisotopic (exact) mass is 208 g/mol. The molecular weight excluding hydrogens is 192 g/mol. The molecule has 1 aromatic rings. The number of rotatable bonds is 4. The highest BCUT2D eigenvalue weighted by Crippen LogP contribution is 2.16. The van der Waals surface area contributed by atoms with E-state index < -0.39 is 14.0 Å². The summed E-state index contributed by atoms with van der Waals surface area (Å²) in [4.78, 5) is 10.6. The number of carboxylic acid groups (broad SMARTS) is 1. The molecule has 0 unspecified atom stereocenters. The van der Waals surface area contributed by atoms with Crippen molar-refractivity contribution in [2.24, 2.45) is 0 Å². The maximum absolute atomic E-state index is 10.6. The minimum atomic E-state index is -1.61. The Kier molecular flexibility index (Phi) is 3.47. The van der Waals surface area contributed by atoms with Gasteiger partial charge in [-0.2, -0.15) is 0 Å². The van der Waals surface area contributed by atoms with Gasteiger partial charge in [0.05, 0.1) is 8.07 Å². The summed E-state index contributed by atoms with van der Waals surface area (Å²) in [6.07, 6.45) is 0. The maximum Gasteiger partial charge on any atom is 0.300 e. The summed E-state index contributed by atoms with van der Waals surface area (Å²) < 4.78 is 0. The normalized spacial score (nSPS) is 11.3. The molecule has 1 N–H and O–H groups in total. The Morgan fingerprint density at radius 2 is 1.86 bits per heavy atom. The van der Waals surface area contributed by atoms with E-state index in [1.54, 1.807) is 0 Å². The van der Waals surface area contributed by atoms with Gasteiger partial charge in [0.2, 0.25) is 0 Å². The van der Waals surface area contributed by atoms with Crippen molar-refractivity contribution in [3.05, 3.63) is 35.9 Å². The molecule has 2 nitrogen and oxygen atoms in total. The largest absolute Gasteiger partial charge is 0.481 e. The summed E-state index contributed by atoms with van der Waals surface area (Å²) in [5, 5.41) is 8.76. The van der Waals surface area contributed by atoms with Gasteiger partial charge in [-0.05, 0) is 6.04 Å². The molecule has 1 aromatic carbocycles. The highest BCUT2D eigenvalue weighted by molar-refractivity contribution is 6.79. The van der Waals surface area contributed by atoms with Crippen LogP contribution >= 0.6 is 0 Å². The van der Waals surface area contributed by atoms with Gasteiger partial charge in [0, 0.05) is 6.04 Å². The lowest BCUT2D eigenvalue weighted by Crippen LogP contribution is -2.32. The van der Waals surface area contributed by atoms with Crippen molar-refractivity contribution < 1.29 is 9.90 Å². The topological polar surface area (TPSA) is 37.3 Å². The maximum atomic E-state index is 10.6. The van der Waals surface area contributed by atoms with Crippen molar-refractivity contribution in [3.8, 4) is 0 Å². The van der Waals surface area contributed by atoms with E-state index in [4.69, 9.17) is 5.11 Å². The van der Waals surface area contributed by atoms with Crippen molar-refractivity contribution in [1.29, 1.82) is 0 Å². The molecule has 1 rings (SSSR count). The zero-order valence-corrected chi connectivity index (χ0v) is 9.66. The highest BCUT2D eigenvalue weighted by atomic mass is 28.3. The van der Waals surface area contributed by atoms with E-state index in [0.717, 1.165) is 6.04 Å². The van der Waals surface area contributed by atoms with Crippen LogP contribution in [0.5, 0.6) is 0 Å². The lowest BCUT2D eigenvalue weighted by Gasteiger charge is -2.19. The van der Waals surface area contributed by atoms with Crippen LogP contribution in [0.4, 0.5) is 0 Å². The van der Waals surface area contributed by atoms with Crippen molar-refractivity contribution in [2.75, 3.05) is 0 Å². The molecule has 0 spiro atoms. The summed E-state index contributed by atoms with van der Waals surface area (Å²) >= 11 is 0. The fourth-order valence-electron chi connectivity index (χ4n) is 1.62. The first-order valence-corrected chi connectivity index (χ1v) is 8.17. The third-order valence-corrected chi connectivity index (χ3v) is 4.78. The van der Waals surface area contributed by atoms with Gasteiger partial charge in [0.25, 0.3) is 0 Å². The Bertz CT molecular complexity index is 306. The van der Waals surface area contributed by atoms with Crippen LogP contribution < -0.4 is 0 Å². The summed E-state index contributed by atoms with van der Waals surface area (Å²) in [5.74, 6) is -0.669. The Morgan fingerprint density at radius 3 is 2.36 bits per heavy atom. The Hall–Kier alpha value is -1.09. The Balaban J connectivity index is 2.63. The van der Waals surface area contributed by atoms with Gasteiger partial charge in [-0.25, -0.2) is 0 Å². The molecule has 76 valence electrons. The second-order valence-electron chi connectivity index (χ2n) is 4.40. The highest BCUT2D eigenvalue weighted by Gasteiger charge is 2.24. The molecule has 14 heavy (non-hydrogen) atoms. The van der Waals surface area contributed by atoms with E-state index in [0.29, 0.717) is 6.04 Å². The quantitative estimate of drug-likeness (QED) is 0.772. The number of aliphatic carboxylic acids is 1. The molecule has 3 heteroatoms. The van der Waals surface area contributed by atoms with E-state index in [2.05, 4.69) is 25.2 Å². The van der Waals surface area contributed by atoms with Crippen molar-refractivity contribution >= 4 is 14.0 Å². The van der Waals surface area contributed by atoms with Crippen LogP contribution in [0.15, 0.2) is 30.3 Å². The van der Waals surface area contributed by atoms with Crippen molar-refractivity contribution in [3.63, 3.8) is 0 Å². The number of hydrogen-bond donors (Lipinski definition) is 1. The molecule has 0 amide bonds. The van der Waals surface area contributed by atoms with E-state index in [-0.39, 0.29) is 0 Å². The van der Waals surface area contributed by atoms with E-state index >= 15 is 0 Å². The SMILES string of the molecule is C[Si](C)(CC(=O)O)Cc1ccccc1. The lowest BCUT2D eigenvalue weighted by atomic mass is 10.2. The molecule has 0 aromatic heterocycles. The van der Waals surface area contributed by atoms with E-state index in [1.165, 1.54) is 5.56 Å². The molecule has 0 aliphatic heterocycles. The van der Waals surface area contributed by atoms with Crippen LogP contribution in [0, 0.1) is 0 Å². The van der Waals surface area contributed by atoms with Gasteiger partial charge in [0.15, 0.2) is 0 Å². The van der Waals surface area contributed by atoms with Gasteiger partial charge in [-0.3, -0.25) is 4.79 Å². The molecule has 0 fully saturated rings. The Labute approximate surface area is 85.6 Å². The summed E-state index contributed by atoms with van der Waals surface area (Å²) in [6, 6.07) is 11.4. The number of carboxylic acids is 1. The second kappa shape index (κ2) is 4.42. The van der Waals surface area contributed by atoms with Gasteiger partial charge in [-0.15, -0.1) is 0 Å². The minimum Gasteiger partial charge on any atom is -0.481 e. The smallest absolute Gasteiger partial charge is 0.300 e. The first kappa shape index (κ1) is 11.0. The number of benzene rings is 1. The first-order chi connectivity index (χ1) is 6.49. The van der Waals surface area contributed by atoms with E-state index in [1.807, 2.05) is 18.2 Å². The van der Waals surface area contributed by atoms with Crippen LogP contribution in [0.25, 0.3) is 0 Å². The lowest BCUT2D eigenvalue weighted by molar-refractivity contribution is -0.134. The average Bonchev–Trinajstić information content (AvgIpc) is 2.02. The van der Waals surface area contributed by atoms with Crippen LogP contribution in [0.2, 0.25) is 19.1 Å². The van der Waals surface area contributed by atoms with E-state index in [9.17, 15) is 4.79 Å². The number of hydrogen-bond acceptors (Lipinski definition) is 1. The third-order valence-electron chi connectivity index (χ3n) is 2.16. The van der Waals surface area contributed by atoms with Gasteiger partial charge in [-0.1, -0.05) is 49.0 Å². The summed E-state index contributed by atoms with van der Waals surface area (Å²) in [6.45, 7) is 4.24. The molecular formula is C11H16O2Si. The fourth-order valence-corrected chi connectivity index (χ4v) is 3.90. The van der Waals surface area contributed by atoms with Gasteiger partial charge in [0.1, 0.15) is 0 Å². The summed E-state index contributed by atoms with van der Waals surface area (Å²) in [7, 11) is -1.61. The Morgan fingerprint density at radius 1 is 1.29 bits per heavy atom. The predicted octanol–water partition coefficient (Wildman–Crippen LogP) is 2.56. The zero-order chi connectivity index (χ0) is 10.6. The second-order valence-corrected chi connectivity index (χ2v) is 9.43. The molecule has 0 atom stereocenters. The van der Waals surface area contributed by atoms with Crippen molar-refractivity contribution in [2.45, 2.75) is 25.2 Å². The molecule has 0 aliphatic carbocycles. The predicted molar refractivity (Wildman–Crippen MR) is 60.1 cm³/mol. The van der Waals surface area contributed by atoms with Crippen LogP contribution in [-0.2, 0) is 10.8 Å². The average molecular weight is 208 g/mol. The molecule has 0 aliphatic rings. The van der Waals surface area contributed by atoms with Crippen LogP contribution in [0.1, 0.15) is 5.56 Å². The number of carbonyl (C=O) groups is 1. The first-order valence-electron chi connectivity index (χ1n) is 4.75. The molecule has 0 radical (unpaired) electrons. The summed E-state index contributed by atoms with van der Waals surface area (Å²) in [5.41, 5.74) is 1.26. The minimum absolute atomic E-state index is 0.349. The molecule has 0 saturated carbocycles. The molecule has 0 bridgehead atoms. The van der Waals surface area contributed by atoms with Crippen molar-refractivity contribution in [1.82, 2.24) is 0 Å². The zero-order valence-electron chi connectivity index (χ0n) is 8.66.